The molecule has 0 aliphatic carbocycles. The van der Waals surface area contributed by atoms with E-state index in [-0.39, 0.29) is 0 Å². The topological polar surface area (TPSA) is 82.3 Å². The first-order chi connectivity index (χ1) is 16.9. The van der Waals surface area contributed by atoms with E-state index in [9.17, 15) is 0 Å². The molecule has 176 valence electrons. The molecule has 0 bridgehead atoms. The molecule has 3 N–H and O–H groups in total. The number of rotatable bonds is 7. The molecule has 0 saturated carbocycles. The van der Waals surface area contributed by atoms with Gasteiger partial charge in [0.05, 0.1) is 17.1 Å². The Morgan fingerprint density at radius 2 is 1.91 bits per heavy atom. The lowest BCUT2D eigenvalue weighted by molar-refractivity contribution is 0.898. The summed E-state index contributed by atoms with van der Waals surface area (Å²) in [5, 5.41) is 12.0. The van der Waals surface area contributed by atoms with E-state index in [1.807, 2.05) is 24.7 Å². The fourth-order valence-corrected chi connectivity index (χ4v) is 5.15. The summed E-state index contributed by atoms with van der Waals surface area (Å²) in [7, 11) is 0. The molecular weight excluding hydrogens is 452 g/mol. The summed E-state index contributed by atoms with van der Waals surface area (Å²) in [4.78, 5) is 15.1. The van der Waals surface area contributed by atoms with Gasteiger partial charge in [0.2, 0.25) is 0 Å². The largest absolute Gasteiger partial charge is 0.382 e. The number of aryl methyl sites for hydroxylation is 2. The molecule has 5 aromatic heterocycles. The average molecular weight is 481 g/mol. The molecule has 35 heavy (non-hydrogen) atoms. The third-order valence-corrected chi connectivity index (χ3v) is 6.84. The second kappa shape index (κ2) is 9.35. The van der Waals surface area contributed by atoms with E-state index in [1.54, 1.807) is 11.3 Å². The number of hydrogen-bond donors (Lipinski definition) is 3. The first kappa shape index (κ1) is 22.8. The van der Waals surface area contributed by atoms with Crippen molar-refractivity contribution in [1.82, 2.24) is 25.1 Å². The Hall–Kier alpha value is -3.97. The summed E-state index contributed by atoms with van der Waals surface area (Å²) in [5.74, 6) is 0. The van der Waals surface area contributed by atoms with Crippen LogP contribution in [0.3, 0.4) is 0 Å². The van der Waals surface area contributed by atoms with Crippen molar-refractivity contribution in [3.63, 3.8) is 0 Å². The van der Waals surface area contributed by atoms with Gasteiger partial charge in [0.1, 0.15) is 0 Å². The van der Waals surface area contributed by atoms with Gasteiger partial charge in [-0.3, -0.25) is 10.1 Å². The fraction of sp³-hybridized carbons (Fsp3) is 0.179. The van der Waals surface area contributed by atoms with Crippen LogP contribution in [0, 0.1) is 13.8 Å². The highest BCUT2D eigenvalue weighted by Gasteiger charge is 2.17. The maximum Gasteiger partial charge on any atom is 0.181 e. The van der Waals surface area contributed by atoms with Gasteiger partial charge in [-0.05, 0) is 58.0 Å². The van der Waals surface area contributed by atoms with Gasteiger partial charge in [-0.2, -0.15) is 5.10 Å². The molecule has 6 nitrogen and oxygen atoms in total. The van der Waals surface area contributed by atoms with Gasteiger partial charge < -0.3 is 10.3 Å². The van der Waals surface area contributed by atoms with E-state index in [0.717, 1.165) is 50.4 Å². The molecular formula is C28H28N6S. The molecule has 0 saturated heterocycles. The third kappa shape index (κ3) is 4.55. The average Bonchev–Trinajstić information content (AvgIpc) is 3.55. The summed E-state index contributed by atoms with van der Waals surface area (Å²) in [5.41, 5.74) is 8.92. The molecule has 5 heterocycles. The van der Waals surface area contributed by atoms with Crippen LogP contribution in [0.2, 0.25) is 0 Å². The molecule has 0 unspecified atom stereocenters. The number of fused-ring (bicyclic) bond motifs is 1. The van der Waals surface area contributed by atoms with Gasteiger partial charge in [0, 0.05) is 67.7 Å². The highest BCUT2D eigenvalue weighted by molar-refractivity contribution is 7.13. The number of allylic oxidation sites excluding steroid dienone is 2. The van der Waals surface area contributed by atoms with Crippen LogP contribution in [0.4, 0.5) is 5.69 Å². The number of nitrogens with one attached hydrogen (secondary N) is 3. The molecule has 5 rings (SSSR count). The van der Waals surface area contributed by atoms with Crippen LogP contribution in [0.1, 0.15) is 34.9 Å². The number of nitrogens with zero attached hydrogens (tertiary/aromatic N) is 3. The molecule has 0 radical (unpaired) electrons. The van der Waals surface area contributed by atoms with Crippen LogP contribution in [0.5, 0.6) is 0 Å². The van der Waals surface area contributed by atoms with E-state index in [4.69, 9.17) is 0 Å². The number of pyridine rings is 2. The van der Waals surface area contributed by atoms with Crippen molar-refractivity contribution < 1.29 is 0 Å². The van der Waals surface area contributed by atoms with E-state index in [2.05, 4.69) is 101 Å². The predicted octanol–water partition coefficient (Wildman–Crippen LogP) is 7.13. The second-order valence-electron chi connectivity index (χ2n) is 8.90. The van der Waals surface area contributed by atoms with Gasteiger partial charge in [-0.1, -0.05) is 18.7 Å². The maximum absolute atomic E-state index is 4.61. The van der Waals surface area contributed by atoms with E-state index in [0.29, 0.717) is 11.7 Å². The quantitative estimate of drug-likeness (QED) is 0.216. The summed E-state index contributed by atoms with van der Waals surface area (Å²) in [6.07, 6.45) is 9.46. The van der Waals surface area contributed by atoms with Crippen molar-refractivity contribution in [3.05, 3.63) is 88.7 Å². The first-order valence-electron chi connectivity index (χ1n) is 11.6. The molecule has 5 aromatic rings. The summed E-state index contributed by atoms with van der Waals surface area (Å²) < 4.78 is 0. The number of aromatic nitrogens is 5. The molecule has 0 fully saturated rings. The van der Waals surface area contributed by atoms with E-state index in [1.165, 1.54) is 9.75 Å². The second-order valence-corrected chi connectivity index (χ2v) is 10.2. The van der Waals surface area contributed by atoms with Crippen molar-refractivity contribution in [1.29, 1.82) is 0 Å². The van der Waals surface area contributed by atoms with Crippen LogP contribution < -0.4 is 5.32 Å². The summed E-state index contributed by atoms with van der Waals surface area (Å²) in [6, 6.07) is 11.0. The molecule has 0 aliphatic rings. The lowest BCUT2D eigenvalue weighted by Crippen LogP contribution is -2.09. The predicted molar refractivity (Wildman–Crippen MR) is 147 cm³/mol. The lowest BCUT2D eigenvalue weighted by atomic mass is 10.0. The minimum absolute atomic E-state index is 0.330. The number of H-pyrrole nitrogens is 2. The Bertz CT molecular complexity index is 1550. The van der Waals surface area contributed by atoms with Crippen molar-refractivity contribution in [3.8, 4) is 22.5 Å². The van der Waals surface area contributed by atoms with Crippen LogP contribution in [0.25, 0.3) is 39.1 Å². The molecule has 0 atom stereocenters. The Labute approximate surface area is 208 Å². The zero-order valence-electron chi connectivity index (χ0n) is 20.3. The highest BCUT2D eigenvalue weighted by Crippen LogP contribution is 2.35. The number of thiophene rings is 1. The van der Waals surface area contributed by atoms with Crippen molar-refractivity contribution in [2.45, 2.75) is 33.7 Å². The van der Waals surface area contributed by atoms with Crippen LogP contribution in [-0.4, -0.2) is 31.2 Å². The molecule has 0 aromatic carbocycles. The normalized spacial score (nSPS) is 12.0. The number of hydrogen-bond acceptors (Lipinski definition) is 5. The standard InChI is InChI=1S/C28H28N6S/c1-6-7-22(26-9-8-17(4)35-26)23-12-25(32-18(23)5)27-24-11-20(14-30-28(24)34-33-27)19-10-21(15-29-13-19)31-16(2)3/h6-16,31-32H,1H2,2-5H3,(H,30,33,34)/b22-7+. The Morgan fingerprint density at radius 3 is 2.66 bits per heavy atom. The minimum Gasteiger partial charge on any atom is -0.382 e. The Balaban J connectivity index is 1.56. The van der Waals surface area contributed by atoms with Crippen LogP contribution in [-0.2, 0) is 0 Å². The van der Waals surface area contributed by atoms with Crippen molar-refractivity contribution >= 4 is 33.6 Å². The molecule has 0 amide bonds. The fourth-order valence-electron chi connectivity index (χ4n) is 4.25. The van der Waals surface area contributed by atoms with Gasteiger partial charge in [-0.25, -0.2) is 4.98 Å². The SMILES string of the molecule is C=C/C=C(/c1ccc(C)s1)c1cc(-c2[nH]nc3ncc(-c4cncc(NC(C)C)c4)cc23)[nH]c1C. The van der Waals surface area contributed by atoms with Gasteiger partial charge in [0.25, 0.3) is 0 Å². The molecule has 0 spiro atoms. The van der Waals surface area contributed by atoms with Gasteiger partial charge in [-0.15, -0.1) is 11.3 Å². The highest BCUT2D eigenvalue weighted by atomic mass is 32.1. The Morgan fingerprint density at radius 1 is 1.09 bits per heavy atom. The Kier molecular flexibility index (Phi) is 6.09. The molecule has 7 heteroatoms. The zero-order valence-corrected chi connectivity index (χ0v) is 21.1. The monoisotopic (exact) mass is 480 g/mol. The summed E-state index contributed by atoms with van der Waals surface area (Å²) >= 11 is 1.78. The van der Waals surface area contributed by atoms with Crippen LogP contribution >= 0.6 is 11.3 Å². The minimum atomic E-state index is 0.330. The van der Waals surface area contributed by atoms with Gasteiger partial charge in [0.15, 0.2) is 5.65 Å². The number of anilines is 1. The molecule has 0 aliphatic heterocycles. The smallest absolute Gasteiger partial charge is 0.181 e. The first-order valence-corrected chi connectivity index (χ1v) is 12.4. The lowest BCUT2D eigenvalue weighted by Gasteiger charge is -2.10. The van der Waals surface area contributed by atoms with Crippen molar-refractivity contribution in [2.24, 2.45) is 0 Å². The van der Waals surface area contributed by atoms with E-state index < -0.39 is 0 Å². The third-order valence-electron chi connectivity index (χ3n) is 5.80. The maximum atomic E-state index is 4.61. The van der Waals surface area contributed by atoms with Crippen molar-refractivity contribution in [2.75, 3.05) is 5.32 Å². The van der Waals surface area contributed by atoms with Crippen LogP contribution in [0.15, 0.2) is 67.7 Å². The summed E-state index contributed by atoms with van der Waals surface area (Å²) in [6.45, 7) is 12.4. The van der Waals surface area contributed by atoms with E-state index >= 15 is 0 Å². The number of aromatic amines is 2. The van der Waals surface area contributed by atoms with Gasteiger partial charge >= 0.3 is 0 Å². The zero-order chi connectivity index (χ0) is 24.5.